The molecule has 0 spiro atoms. The Morgan fingerprint density at radius 3 is 2.61 bits per heavy atom. The van der Waals surface area contributed by atoms with Crippen molar-refractivity contribution in [1.29, 1.82) is 0 Å². The molecule has 0 aliphatic carbocycles. The van der Waals surface area contributed by atoms with Crippen LogP contribution in [-0.2, 0) is 6.54 Å². The highest BCUT2D eigenvalue weighted by molar-refractivity contribution is 5.29. The largest absolute Gasteiger partial charge is 0.497 e. The molecule has 4 nitrogen and oxygen atoms in total. The molecule has 96 valence electrons. The third-order valence-electron chi connectivity index (χ3n) is 3.15. The predicted octanol–water partition coefficient (Wildman–Crippen LogP) is 2.58. The maximum Gasteiger partial charge on any atom is 0.118 e. The standard InChI is InChI=1S/C14H19N3O/c1-10(12-4-6-14(18-3)7-5-12)15-8-13-9-16-17-11(13)2/h4-7,9-10,15H,8H2,1-3H3,(H,16,17). The van der Waals surface area contributed by atoms with Crippen LogP contribution in [0.15, 0.2) is 30.5 Å². The minimum atomic E-state index is 0.296. The number of methoxy groups -OCH3 is 1. The molecule has 0 fully saturated rings. The Kier molecular flexibility index (Phi) is 3.99. The Balaban J connectivity index is 1.94. The number of ether oxygens (including phenoxy) is 1. The summed E-state index contributed by atoms with van der Waals surface area (Å²) in [5, 5.41) is 10.4. The Morgan fingerprint density at radius 1 is 1.33 bits per heavy atom. The molecule has 2 aromatic rings. The van der Waals surface area contributed by atoms with Crippen LogP contribution in [0.3, 0.4) is 0 Å². The first-order valence-corrected chi connectivity index (χ1v) is 6.07. The lowest BCUT2D eigenvalue weighted by Gasteiger charge is -2.14. The predicted molar refractivity (Wildman–Crippen MR) is 71.6 cm³/mol. The zero-order valence-corrected chi connectivity index (χ0v) is 11.0. The van der Waals surface area contributed by atoms with E-state index in [4.69, 9.17) is 4.74 Å². The topological polar surface area (TPSA) is 49.9 Å². The van der Waals surface area contributed by atoms with Gasteiger partial charge in [-0.05, 0) is 31.5 Å². The summed E-state index contributed by atoms with van der Waals surface area (Å²) in [7, 11) is 1.68. The van der Waals surface area contributed by atoms with E-state index in [-0.39, 0.29) is 0 Å². The van der Waals surface area contributed by atoms with E-state index in [1.807, 2.05) is 25.3 Å². The maximum absolute atomic E-state index is 5.15. The smallest absolute Gasteiger partial charge is 0.118 e. The molecule has 0 bridgehead atoms. The van der Waals surface area contributed by atoms with Gasteiger partial charge in [0.1, 0.15) is 5.75 Å². The second kappa shape index (κ2) is 5.69. The zero-order chi connectivity index (χ0) is 13.0. The molecule has 2 N–H and O–H groups in total. The second-order valence-corrected chi connectivity index (χ2v) is 4.40. The fourth-order valence-corrected chi connectivity index (χ4v) is 1.83. The van der Waals surface area contributed by atoms with Crippen molar-refractivity contribution < 1.29 is 4.74 Å². The Morgan fingerprint density at radius 2 is 2.06 bits per heavy atom. The van der Waals surface area contributed by atoms with E-state index in [0.29, 0.717) is 6.04 Å². The molecule has 2 rings (SSSR count). The van der Waals surface area contributed by atoms with Gasteiger partial charge in [-0.1, -0.05) is 12.1 Å². The van der Waals surface area contributed by atoms with Crippen molar-refractivity contribution in [3.8, 4) is 5.75 Å². The quantitative estimate of drug-likeness (QED) is 0.851. The van der Waals surface area contributed by atoms with Gasteiger partial charge >= 0.3 is 0 Å². The van der Waals surface area contributed by atoms with Crippen LogP contribution < -0.4 is 10.1 Å². The molecule has 1 heterocycles. The van der Waals surface area contributed by atoms with E-state index in [2.05, 4.69) is 34.6 Å². The molecule has 0 amide bonds. The Labute approximate surface area is 107 Å². The lowest BCUT2D eigenvalue weighted by atomic mass is 10.1. The second-order valence-electron chi connectivity index (χ2n) is 4.40. The van der Waals surface area contributed by atoms with Crippen LogP contribution in [-0.4, -0.2) is 17.3 Å². The summed E-state index contributed by atoms with van der Waals surface area (Å²) in [6.07, 6.45) is 1.86. The first kappa shape index (κ1) is 12.6. The number of nitrogens with one attached hydrogen (secondary N) is 2. The molecule has 18 heavy (non-hydrogen) atoms. The number of rotatable bonds is 5. The van der Waals surface area contributed by atoms with E-state index in [1.54, 1.807) is 7.11 Å². The number of benzene rings is 1. The van der Waals surface area contributed by atoms with Gasteiger partial charge in [-0.3, -0.25) is 5.10 Å². The van der Waals surface area contributed by atoms with Gasteiger partial charge < -0.3 is 10.1 Å². The minimum absolute atomic E-state index is 0.296. The molecule has 1 unspecified atom stereocenters. The van der Waals surface area contributed by atoms with Gasteiger partial charge in [-0.15, -0.1) is 0 Å². The van der Waals surface area contributed by atoms with Crippen molar-refractivity contribution in [2.75, 3.05) is 7.11 Å². The summed E-state index contributed by atoms with van der Waals surface area (Å²) in [5.74, 6) is 0.886. The number of aryl methyl sites for hydroxylation is 1. The number of hydrogen-bond donors (Lipinski definition) is 2. The normalized spacial score (nSPS) is 12.4. The number of aromatic nitrogens is 2. The third-order valence-corrected chi connectivity index (χ3v) is 3.15. The Bertz CT molecular complexity index is 490. The lowest BCUT2D eigenvalue weighted by Crippen LogP contribution is -2.18. The van der Waals surface area contributed by atoms with Gasteiger partial charge in [0.15, 0.2) is 0 Å². The molecule has 0 saturated carbocycles. The third kappa shape index (κ3) is 2.90. The van der Waals surface area contributed by atoms with Crippen LogP contribution in [0.4, 0.5) is 0 Å². The Hall–Kier alpha value is -1.81. The van der Waals surface area contributed by atoms with Crippen LogP contribution in [0.5, 0.6) is 5.75 Å². The molecule has 0 aliphatic rings. The summed E-state index contributed by atoms with van der Waals surface area (Å²) in [5.41, 5.74) is 3.57. The summed E-state index contributed by atoms with van der Waals surface area (Å²) in [4.78, 5) is 0. The lowest BCUT2D eigenvalue weighted by molar-refractivity contribution is 0.414. The molecular formula is C14H19N3O. The van der Waals surface area contributed by atoms with E-state index in [9.17, 15) is 0 Å². The van der Waals surface area contributed by atoms with Crippen LogP contribution in [0.2, 0.25) is 0 Å². The summed E-state index contributed by atoms with van der Waals surface area (Å²) in [6, 6.07) is 8.43. The first-order valence-electron chi connectivity index (χ1n) is 6.07. The molecule has 4 heteroatoms. The van der Waals surface area contributed by atoms with Crippen LogP contribution in [0, 0.1) is 6.92 Å². The van der Waals surface area contributed by atoms with Crippen LogP contribution >= 0.6 is 0 Å². The molecule has 0 radical (unpaired) electrons. The van der Waals surface area contributed by atoms with Crippen molar-refractivity contribution in [3.05, 3.63) is 47.3 Å². The van der Waals surface area contributed by atoms with Gasteiger partial charge in [-0.2, -0.15) is 5.10 Å². The number of nitrogens with zero attached hydrogens (tertiary/aromatic N) is 1. The van der Waals surface area contributed by atoms with E-state index in [0.717, 1.165) is 18.0 Å². The monoisotopic (exact) mass is 245 g/mol. The van der Waals surface area contributed by atoms with Crippen molar-refractivity contribution >= 4 is 0 Å². The summed E-state index contributed by atoms with van der Waals surface area (Å²) in [6.45, 7) is 4.99. The molecular weight excluding hydrogens is 226 g/mol. The number of hydrogen-bond acceptors (Lipinski definition) is 3. The van der Waals surface area contributed by atoms with E-state index < -0.39 is 0 Å². The van der Waals surface area contributed by atoms with E-state index in [1.165, 1.54) is 11.1 Å². The highest BCUT2D eigenvalue weighted by Crippen LogP contribution is 2.17. The molecule has 1 atom stereocenters. The average molecular weight is 245 g/mol. The molecule has 0 saturated heterocycles. The first-order chi connectivity index (χ1) is 8.70. The summed E-state index contributed by atoms with van der Waals surface area (Å²) >= 11 is 0. The van der Waals surface area contributed by atoms with Crippen LogP contribution in [0.25, 0.3) is 0 Å². The fraction of sp³-hybridized carbons (Fsp3) is 0.357. The van der Waals surface area contributed by atoms with Crippen molar-refractivity contribution in [1.82, 2.24) is 15.5 Å². The summed E-state index contributed by atoms with van der Waals surface area (Å²) < 4.78 is 5.15. The van der Waals surface area contributed by atoms with E-state index >= 15 is 0 Å². The van der Waals surface area contributed by atoms with Gasteiger partial charge in [0.05, 0.1) is 13.3 Å². The number of aromatic amines is 1. The van der Waals surface area contributed by atoms with Gasteiger partial charge in [0.2, 0.25) is 0 Å². The molecule has 1 aromatic carbocycles. The highest BCUT2D eigenvalue weighted by atomic mass is 16.5. The molecule has 0 aliphatic heterocycles. The van der Waals surface area contributed by atoms with Crippen molar-refractivity contribution in [3.63, 3.8) is 0 Å². The fourth-order valence-electron chi connectivity index (χ4n) is 1.83. The van der Waals surface area contributed by atoms with Crippen molar-refractivity contribution in [2.24, 2.45) is 0 Å². The maximum atomic E-state index is 5.15. The van der Waals surface area contributed by atoms with Gasteiger partial charge in [-0.25, -0.2) is 0 Å². The van der Waals surface area contributed by atoms with Crippen LogP contribution in [0.1, 0.15) is 29.8 Å². The van der Waals surface area contributed by atoms with Gasteiger partial charge in [0, 0.05) is 23.8 Å². The molecule has 1 aromatic heterocycles. The minimum Gasteiger partial charge on any atom is -0.497 e. The van der Waals surface area contributed by atoms with Crippen molar-refractivity contribution in [2.45, 2.75) is 26.4 Å². The van der Waals surface area contributed by atoms with Gasteiger partial charge in [0.25, 0.3) is 0 Å². The SMILES string of the molecule is COc1ccc(C(C)NCc2cn[nH]c2C)cc1. The average Bonchev–Trinajstić information content (AvgIpc) is 2.81. The number of H-pyrrole nitrogens is 1. The highest BCUT2D eigenvalue weighted by Gasteiger charge is 2.06. The zero-order valence-electron chi connectivity index (χ0n) is 11.0.